The van der Waals surface area contributed by atoms with E-state index in [1.807, 2.05) is 45.3 Å². The minimum atomic E-state index is -0.640. The largest absolute Gasteiger partial charge is 0.493 e. The quantitative estimate of drug-likeness (QED) is 0.310. The van der Waals surface area contributed by atoms with Crippen molar-refractivity contribution in [3.63, 3.8) is 0 Å². The highest BCUT2D eigenvalue weighted by molar-refractivity contribution is 6.06. The Morgan fingerprint density at radius 3 is 2.67 bits per heavy atom. The number of fused-ring (bicyclic) bond motifs is 2. The van der Waals surface area contributed by atoms with Crippen LogP contribution in [-0.4, -0.2) is 50.1 Å². The number of nitrogens with one attached hydrogen (secondary N) is 2. The molecule has 2 N–H and O–H groups in total. The van der Waals surface area contributed by atoms with Gasteiger partial charge in [0.05, 0.1) is 13.7 Å². The monoisotopic (exact) mass is 449 g/mol. The normalized spacial score (nSPS) is 11.3. The van der Waals surface area contributed by atoms with Crippen LogP contribution in [0.1, 0.15) is 22.5 Å². The second kappa shape index (κ2) is 9.38. The fourth-order valence-corrected chi connectivity index (χ4v) is 3.74. The molecule has 0 aliphatic heterocycles. The van der Waals surface area contributed by atoms with Crippen molar-refractivity contribution in [2.75, 3.05) is 39.7 Å². The van der Waals surface area contributed by atoms with Gasteiger partial charge in [0.1, 0.15) is 17.0 Å². The fraction of sp³-hybridized carbons (Fsp3) is 0.280. The number of benzene rings is 2. The number of nitrogens with zero attached hydrogens (tertiary/aromatic N) is 1. The van der Waals surface area contributed by atoms with Crippen molar-refractivity contribution in [3.8, 4) is 11.5 Å². The van der Waals surface area contributed by atoms with Crippen molar-refractivity contribution in [1.29, 1.82) is 0 Å². The molecule has 2 aromatic heterocycles. The Kier molecular flexibility index (Phi) is 6.37. The number of H-pyrrole nitrogens is 1. The van der Waals surface area contributed by atoms with Gasteiger partial charge < -0.3 is 29.1 Å². The van der Waals surface area contributed by atoms with Crippen LogP contribution in [0.3, 0.4) is 0 Å². The molecular weight excluding hydrogens is 422 g/mol. The number of aryl methyl sites for hydroxylation is 1. The van der Waals surface area contributed by atoms with Crippen molar-refractivity contribution in [2.45, 2.75) is 13.3 Å². The van der Waals surface area contributed by atoms with E-state index in [1.54, 1.807) is 25.3 Å². The number of carbonyl (C=O) groups excluding carboxylic acids is 1. The minimum Gasteiger partial charge on any atom is -0.493 e. The van der Waals surface area contributed by atoms with Gasteiger partial charge in [-0.1, -0.05) is 18.2 Å². The van der Waals surface area contributed by atoms with Crippen LogP contribution >= 0.6 is 0 Å². The second-order valence-electron chi connectivity index (χ2n) is 8.13. The second-order valence-corrected chi connectivity index (χ2v) is 8.13. The topological polar surface area (TPSA) is 96.8 Å². The Morgan fingerprint density at radius 1 is 1.15 bits per heavy atom. The van der Waals surface area contributed by atoms with Crippen LogP contribution in [-0.2, 0) is 0 Å². The van der Waals surface area contributed by atoms with E-state index in [0.29, 0.717) is 40.3 Å². The zero-order valence-corrected chi connectivity index (χ0v) is 19.2. The van der Waals surface area contributed by atoms with E-state index < -0.39 is 11.5 Å². The maximum Gasteiger partial charge on any atom is 0.360 e. The van der Waals surface area contributed by atoms with E-state index in [-0.39, 0.29) is 5.69 Å². The number of carbonyl (C=O) groups is 1. The molecule has 2 heterocycles. The molecule has 0 unspecified atom stereocenters. The van der Waals surface area contributed by atoms with Gasteiger partial charge in [-0.25, -0.2) is 4.79 Å². The van der Waals surface area contributed by atoms with Gasteiger partial charge in [0, 0.05) is 28.4 Å². The number of amides is 1. The number of rotatable bonds is 8. The number of aromatic nitrogens is 1. The molecule has 0 saturated carbocycles. The van der Waals surface area contributed by atoms with Crippen LogP contribution in [0, 0.1) is 6.92 Å². The van der Waals surface area contributed by atoms with Crippen LogP contribution in [0.4, 0.5) is 5.69 Å². The molecule has 0 spiro atoms. The predicted molar refractivity (Wildman–Crippen MR) is 129 cm³/mol. The first-order valence-electron chi connectivity index (χ1n) is 10.7. The predicted octanol–water partition coefficient (Wildman–Crippen LogP) is 4.17. The third-order valence-corrected chi connectivity index (χ3v) is 5.41. The number of hydrogen-bond donors (Lipinski definition) is 2. The van der Waals surface area contributed by atoms with Crippen molar-refractivity contribution in [3.05, 3.63) is 64.1 Å². The lowest BCUT2D eigenvalue weighted by molar-refractivity contribution is 0.102. The van der Waals surface area contributed by atoms with Crippen LogP contribution in [0.2, 0.25) is 0 Å². The number of anilines is 1. The third kappa shape index (κ3) is 4.70. The summed E-state index contributed by atoms with van der Waals surface area (Å²) in [6, 6.07) is 12.6. The molecule has 4 rings (SSSR count). The summed E-state index contributed by atoms with van der Waals surface area (Å²) in [5.74, 6) is 0.649. The van der Waals surface area contributed by atoms with Crippen molar-refractivity contribution >= 4 is 33.5 Å². The van der Waals surface area contributed by atoms with E-state index in [0.717, 1.165) is 23.9 Å². The molecular formula is C25H27N3O5. The van der Waals surface area contributed by atoms with Crippen molar-refractivity contribution in [1.82, 2.24) is 9.88 Å². The molecule has 0 aliphatic carbocycles. The van der Waals surface area contributed by atoms with Gasteiger partial charge in [0.25, 0.3) is 5.91 Å². The Balaban J connectivity index is 1.62. The number of para-hydroxylation sites is 1. The van der Waals surface area contributed by atoms with E-state index in [1.165, 1.54) is 0 Å². The van der Waals surface area contributed by atoms with Crippen LogP contribution in [0.5, 0.6) is 11.5 Å². The zero-order chi connectivity index (χ0) is 23.5. The highest BCUT2D eigenvalue weighted by Crippen LogP contribution is 2.37. The van der Waals surface area contributed by atoms with Crippen LogP contribution in [0.25, 0.3) is 21.9 Å². The molecule has 0 atom stereocenters. The van der Waals surface area contributed by atoms with Gasteiger partial charge in [-0.2, -0.15) is 0 Å². The summed E-state index contributed by atoms with van der Waals surface area (Å²) in [5.41, 5.74) is 1.66. The Labute approximate surface area is 191 Å². The number of ether oxygens (including phenoxy) is 2. The summed E-state index contributed by atoms with van der Waals surface area (Å²) in [4.78, 5) is 30.5. The highest BCUT2D eigenvalue weighted by Gasteiger charge is 2.18. The highest BCUT2D eigenvalue weighted by atomic mass is 16.5. The van der Waals surface area contributed by atoms with Gasteiger partial charge in [-0.05, 0) is 51.7 Å². The first-order chi connectivity index (χ1) is 15.9. The van der Waals surface area contributed by atoms with Crippen molar-refractivity contribution < 1.29 is 18.7 Å². The SMILES string of the molecule is COc1cc2cc(NC(=O)c3cc4ccccc4[nH]3)c(=O)oc2c(C)c1OCCCN(C)C. The molecule has 0 saturated heterocycles. The van der Waals surface area contributed by atoms with Gasteiger partial charge in [0.2, 0.25) is 0 Å². The molecule has 8 heteroatoms. The van der Waals surface area contributed by atoms with Gasteiger partial charge in [-0.15, -0.1) is 0 Å². The summed E-state index contributed by atoms with van der Waals surface area (Å²) in [5, 5.41) is 4.18. The summed E-state index contributed by atoms with van der Waals surface area (Å²) in [6.07, 6.45) is 0.844. The zero-order valence-electron chi connectivity index (χ0n) is 19.2. The molecule has 1 amide bonds. The Bertz CT molecular complexity index is 1340. The fourth-order valence-electron chi connectivity index (χ4n) is 3.74. The summed E-state index contributed by atoms with van der Waals surface area (Å²) in [7, 11) is 5.57. The maximum absolute atomic E-state index is 12.7. The lowest BCUT2D eigenvalue weighted by atomic mass is 10.1. The van der Waals surface area contributed by atoms with E-state index in [9.17, 15) is 9.59 Å². The average molecular weight is 450 g/mol. The molecule has 0 bridgehead atoms. The lowest BCUT2D eigenvalue weighted by Crippen LogP contribution is -2.18. The maximum atomic E-state index is 12.7. The van der Waals surface area contributed by atoms with Crippen LogP contribution in [0.15, 0.2) is 51.7 Å². The molecule has 172 valence electrons. The third-order valence-electron chi connectivity index (χ3n) is 5.41. The number of aromatic amines is 1. The molecule has 2 aromatic carbocycles. The van der Waals surface area contributed by atoms with E-state index >= 15 is 0 Å². The number of hydrogen-bond acceptors (Lipinski definition) is 6. The van der Waals surface area contributed by atoms with E-state index in [2.05, 4.69) is 15.2 Å². The first kappa shape index (κ1) is 22.4. The van der Waals surface area contributed by atoms with Gasteiger partial charge in [-0.3, -0.25) is 4.79 Å². The average Bonchev–Trinajstić information content (AvgIpc) is 3.23. The summed E-state index contributed by atoms with van der Waals surface area (Å²) in [6.45, 7) is 3.21. The van der Waals surface area contributed by atoms with E-state index in [4.69, 9.17) is 13.9 Å². The minimum absolute atomic E-state index is 0.0484. The standard InChI is InChI=1S/C25H27N3O5/c1-15-22-17(14-21(31-4)23(15)32-11-7-10-28(2)3)13-20(25(30)33-22)27-24(29)19-12-16-8-5-6-9-18(16)26-19/h5-6,8-9,12-14,26H,7,10-11H2,1-4H3,(H,27,29). The smallest absolute Gasteiger partial charge is 0.360 e. The molecule has 33 heavy (non-hydrogen) atoms. The van der Waals surface area contributed by atoms with Gasteiger partial charge in [0.15, 0.2) is 11.5 Å². The number of methoxy groups -OCH3 is 1. The van der Waals surface area contributed by atoms with Gasteiger partial charge >= 0.3 is 5.63 Å². The first-order valence-corrected chi connectivity index (χ1v) is 10.7. The molecule has 0 aliphatic rings. The summed E-state index contributed by atoms with van der Waals surface area (Å²) >= 11 is 0. The Hall–Kier alpha value is -3.78. The molecule has 8 nitrogen and oxygen atoms in total. The lowest BCUT2D eigenvalue weighted by Gasteiger charge is -2.16. The molecule has 0 fully saturated rings. The van der Waals surface area contributed by atoms with Crippen LogP contribution < -0.4 is 20.4 Å². The Morgan fingerprint density at radius 2 is 1.94 bits per heavy atom. The summed E-state index contributed by atoms with van der Waals surface area (Å²) < 4.78 is 17.0. The molecule has 4 aromatic rings. The van der Waals surface area contributed by atoms with Crippen molar-refractivity contribution in [2.24, 2.45) is 0 Å². The molecule has 0 radical (unpaired) electrons.